The Bertz CT molecular complexity index is 204. The first-order chi connectivity index (χ1) is 5.13. The van der Waals surface area contributed by atoms with E-state index in [-0.39, 0.29) is 10.6 Å². The normalized spacial score (nSPS) is 13.4. The van der Waals surface area contributed by atoms with Crippen LogP contribution >= 0.6 is 0 Å². The number of allylic oxidation sites excluding steroid dienone is 3. The zero-order valence-corrected chi connectivity index (χ0v) is 7.13. The largest absolute Gasteiger partial charge is 0.267 e. The molecule has 0 aliphatic heterocycles. The van der Waals surface area contributed by atoms with Crippen LogP contribution in [0.15, 0.2) is 23.4 Å². The fourth-order valence-electron chi connectivity index (χ4n) is 0.698. The molecule has 0 saturated heterocycles. The average Bonchev–Trinajstić information content (AvgIpc) is 1.98. The van der Waals surface area contributed by atoms with Gasteiger partial charge in [-0.2, -0.15) is 0 Å². The Balaban J connectivity index is 4.72. The van der Waals surface area contributed by atoms with Crippen molar-refractivity contribution in [3.05, 3.63) is 33.5 Å². The van der Waals surface area contributed by atoms with E-state index < -0.39 is 0 Å². The van der Waals surface area contributed by atoms with Crippen LogP contribution in [0.4, 0.5) is 0 Å². The summed E-state index contributed by atoms with van der Waals surface area (Å²) in [5.41, 5.74) is 1.03. The standard InChI is InChI=1S/C8H13NO2/c1-4-6-8(9(10)11)7(3)5-2/h4,6H,5H2,1-3H3/b6-4-,8-7+. The molecule has 0 N–H and O–H groups in total. The van der Waals surface area contributed by atoms with Crippen molar-refractivity contribution in [2.45, 2.75) is 27.2 Å². The van der Waals surface area contributed by atoms with E-state index >= 15 is 0 Å². The fraction of sp³-hybridized carbons (Fsp3) is 0.500. The maximum Gasteiger partial charge on any atom is 0.267 e. The van der Waals surface area contributed by atoms with Crippen LogP contribution in [0.3, 0.4) is 0 Å². The number of nitrogens with zero attached hydrogens (tertiary/aromatic N) is 1. The van der Waals surface area contributed by atoms with E-state index in [4.69, 9.17) is 0 Å². The predicted octanol–water partition coefficient (Wildman–Crippen LogP) is 2.52. The van der Waals surface area contributed by atoms with Gasteiger partial charge in [0, 0.05) is 11.6 Å². The van der Waals surface area contributed by atoms with Gasteiger partial charge in [-0.25, -0.2) is 0 Å². The summed E-state index contributed by atoms with van der Waals surface area (Å²) in [7, 11) is 0. The second-order valence-electron chi connectivity index (χ2n) is 2.28. The highest BCUT2D eigenvalue weighted by Crippen LogP contribution is 2.09. The summed E-state index contributed by atoms with van der Waals surface area (Å²) in [6.07, 6.45) is 3.93. The van der Waals surface area contributed by atoms with Gasteiger partial charge in [0.1, 0.15) is 0 Å². The van der Waals surface area contributed by atoms with Crippen LogP contribution < -0.4 is 0 Å². The van der Waals surface area contributed by atoms with Crippen LogP contribution in [0.2, 0.25) is 0 Å². The molecule has 0 aromatic heterocycles. The zero-order chi connectivity index (χ0) is 8.85. The van der Waals surface area contributed by atoms with Crippen molar-refractivity contribution >= 4 is 0 Å². The van der Waals surface area contributed by atoms with E-state index in [1.54, 1.807) is 19.9 Å². The Morgan fingerprint density at radius 3 is 2.45 bits per heavy atom. The van der Waals surface area contributed by atoms with Crippen molar-refractivity contribution in [3.63, 3.8) is 0 Å². The smallest absolute Gasteiger partial charge is 0.258 e. The summed E-state index contributed by atoms with van der Waals surface area (Å²) in [5.74, 6) is 0. The predicted molar refractivity (Wildman–Crippen MR) is 44.8 cm³/mol. The molecule has 0 heterocycles. The molecule has 0 spiro atoms. The molecule has 0 aromatic carbocycles. The SMILES string of the molecule is C/C=C\C(=C(\C)CC)[N+](=O)[O-]. The van der Waals surface area contributed by atoms with Crippen molar-refractivity contribution < 1.29 is 4.92 Å². The third-order valence-corrected chi connectivity index (χ3v) is 1.49. The molecule has 3 heteroatoms. The Kier molecular flexibility index (Phi) is 4.18. The van der Waals surface area contributed by atoms with Gasteiger partial charge < -0.3 is 0 Å². The van der Waals surface area contributed by atoms with Gasteiger partial charge in [0.05, 0.1) is 4.92 Å². The lowest BCUT2D eigenvalue weighted by molar-refractivity contribution is -0.420. The Hall–Kier alpha value is -1.12. The Labute approximate surface area is 66.6 Å². The van der Waals surface area contributed by atoms with E-state index in [0.29, 0.717) is 0 Å². The third kappa shape index (κ3) is 2.98. The third-order valence-electron chi connectivity index (χ3n) is 1.49. The maximum atomic E-state index is 10.4. The highest BCUT2D eigenvalue weighted by atomic mass is 16.6. The second kappa shape index (κ2) is 4.66. The molecule has 0 atom stereocenters. The van der Waals surface area contributed by atoms with E-state index in [1.165, 1.54) is 6.08 Å². The lowest BCUT2D eigenvalue weighted by Crippen LogP contribution is -1.98. The van der Waals surface area contributed by atoms with Crippen molar-refractivity contribution in [1.29, 1.82) is 0 Å². The molecule has 0 saturated carbocycles. The minimum Gasteiger partial charge on any atom is -0.258 e. The highest BCUT2D eigenvalue weighted by Gasteiger charge is 2.08. The van der Waals surface area contributed by atoms with Gasteiger partial charge >= 0.3 is 0 Å². The monoisotopic (exact) mass is 155 g/mol. The Morgan fingerprint density at radius 2 is 2.18 bits per heavy atom. The summed E-state index contributed by atoms with van der Waals surface area (Å²) in [6.45, 7) is 5.45. The van der Waals surface area contributed by atoms with Crippen LogP contribution in [0.5, 0.6) is 0 Å². The number of nitro groups is 1. The van der Waals surface area contributed by atoms with Gasteiger partial charge in [0.15, 0.2) is 0 Å². The van der Waals surface area contributed by atoms with Gasteiger partial charge in [-0.05, 0) is 20.3 Å². The minimum atomic E-state index is -0.348. The Morgan fingerprint density at radius 1 is 1.64 bits per heavy atom. The quantitative estimate of drug-likeness (QED) is 0.357. The van der Waals surface area contributed by atoms with Crippen LogP contribution in [-0.2, 0) is 0 Å². The highest BCUT2D eigenvalue weighted by molar-refractivity contribution is 5.16. The lowest BCUT2D eigenvalue weighted by atomic mass is 10.2. The molecule has 0 aromatic rings. The van der Waals surface area contributed by atoms with Crippen molar-refractivity contribution in [1.82, 2.24) is 0 Å². The first-order valence-electron chi connectivity index (χ1n) is 3.60. The molecule has 11 heavy (non-hydrogen) atoms. The molecule has 3 nitrogen and oxygen atoms in total. The van der Waals surface area contributed by atoms with Crippen LogP contribution in [0.25, 0.3) is 0 Å². The molecular weight excluding hydrogens is 142 g/mol. The lowest BCUT2D eigenvalue weighted by Gasteiger charge is -1.95. The number of rotatable bonds is 3. The van der Waals surface area contributed by atoms with Gasteiger partial charge in [-0.1, -0.05) is 13.0 Å². The molecule has 0 unspecified atom stereocenters. The molecule has 0 bridgehead atoms. The van der Waals surface area contributed by atoms with E-state index in [9.17, 15) is 10.1 Å². The van der Waals surface area contributed by atoms with E-state index in [1.807, 2.05) is 6.92 Å². The van der Waals surface area contributed by atoms with Gasteiger partial charge in [0.2, 0.25) is 0 Å². The average molecular weight is 155 g/mol. The van der Waals surface area contributed by atoms with Crippen molar-refractivity contribution in [2.24, 2.45) is 0 Å². The summed E-state index contributed by atoms with van der Waals surface area (Å²) in [6, 6.07) is 0. The summed E-state index contributed by atoms with van der Waals surface area (Å²) < 4.78 is 0. The number of hydrogen-bond donors (Lipinski definition) is 0. The molecule has 0 aliphatic rings. The summed E-state index contributed by atoms with van der Waals surface area (Å²) in [4.78, 5) is 10.0. The van der Waals surface area contributed by atoms with Gasteiger partial charge in [-0.3, -0.25) is 10.1 Å². The molecule has 0 aliphatic carbocycles. The van der Waals surface area contributed by atoms with E-state index in [0.717, 1.165) is 12.0 Å². The first-order valence-corrected chi connectivity index (χ1v) is 3.60. The molecule has 0 radical (unpaired) electrons. The first kappa shape index (κ1) is 9.88. The van der Waals surface area contributed by atoms with E-state index in [2.05, 4.69) is 0 Å². The van der Waals surface area contributed by atoms with Gasteiger partial charge in [-0.15, -0.1) is 0 Å². The number of hydrogen-bond acceptors (Lipinski definition) is 2. The molecular formula is C8H13NO2. The van der Waals surface area contributed by atoms with Gasteiger partial charge in [0.25, 0.3) is 5.70 Å². The molecule has 0 amide bonds. The maximum absolute atomic E-state index is 10.4. The topological polar surface area (TPSA) is 43.1 Å². The fourth-order valence-corrected chi connectivity index (χ4v) is 0.698. The molecule has 0 rings (SSSR count). The van der Waals surface area contributed by atoms with Crippen LogP contribution in [0.1, 0.15) is 27.2 Å². The second-order valence-corrected chi connectivity index (χ2v) is 2.28. The molecule has 62 valence electrons. The van der Waals surface area contributed by atoms with Crippen molar-refractivity contribution in [2.75, 3.05) is 0 Å². The minimum absolute atomic E-state index is 0.218. The van der Waals surface area contributed by atoms with Crippen molar-refractivity contribution in [3.8, 4) is 0 Å². The zero-order valence-electron chi connectivity index (χ0n) is 7.13. The summed E-state index contributed by atoms with van der Waals surface area (Å²) >= 11 is 0. The summed E-state index contributed by atoms with van der Waals surface area (Å²) in [5, 5.41) is 10.4. The van der Waals surface area contributed by atoms with Crippen LogP contribution in [0, 0.1) is 10.1 Å². The molecule has 0 fully saturated rings. The van der Waals surface area contributed by atoms with Crippen LogP contribution in [-0.4, -0.2) is 4.92 Å².